The highest BCUT2D eigenvalue weighted by Crippen LogP contribution is 2.20. The molecule has 9 heteroatoms. The van der Waals surface area contributed by atoms with Crippen molar-refractivity contribution in [2.45, 2.75) is 0 Å². The third-order valence-electron chi connectivity index (χ3n) is 5.02. The van der Waals surface area contributed by atoms with Crippen molar-refractivity contribution in [3.05, 3.63) is 71.8 Å². The number of nitrogens with one attached hydrogen (secondary N) is 1. The monoisotopic (exact) mass is 424 g/mol. The van der Waals surface area contributed by atoms with E-state index >= 15 is 0 Å². The summed E-state index contributed by atoms with van der Waals surface area (Å²) < 4.78 is 1.61. The van der Waals surface area contributed by atoms with Crippen LogP contribution in [0.3, 0.4) is 0 Å². The lowest BCUT2D eigenvalue weighted by molar-refractivity contribution is -0.130. The summed E-state index contributed by atoms with van der Waals surface area (Å²) in [4.78, 5) is 32.7. The van der Waals surface area contributed by atoms with E-state index in [1.165, 1.54) is 6.33 Å². The third-order valence-corrected chi connectivity index (χ3v) is 5.25. The zero-order chi connectivity index (χ0) is 20.9. The second-order valence-corrected chi connectivity index (χ2v) is 7.35. The van der Waals surface area contributed by atoms with E-state index < -0.39 is 0 Å². The van der Waals surface area contributed by atoms with E-state index in [1.54, 1.807) is 40.2 Å². The first kappa shape index (κ1) is 19.9. The molecule has 1 aromatic heterocycles. The van der Waals surface area contributed by atoms with Gasteiger partial charge in [0.1, 0.15) is 12.7 Å². The molecule has 8 nitrogen and oxygen atoms in total. The SMILES string of the molecule is O=C(NCC(=O)N1CCN(c2cccc(Cl)c2)CC1)c1ccc(-n2cncn2)cc1. The molecule has 0 radical (unpaired) electrons. The minimum atomic E-state index is -0.286. The fourth-order valence-corrected chi connectivity index (χ4v) is 3.55. The summed E-state index contributed by atoms with van der Waals surface area (Å²) in [6, 6.07) is 14.6. The number of benzene rings is 2. The first-order valence-electron chi connectivity index (χ1n) is 9.62. The van der Waals surface area contributed by atoms with E-state index in [-0.39, 0.29) is 18.4 Å². The Bertz CT molecular complexity index is 1010. The summed E-state index contributed by atoms with van der Waals surface area (Å²) in [6.07, 6.45) is 3.03. The minimum Gasteiger partial charge on any atom is -0.368 e. The van der Waals surface area contributed by atoms with Gasteiger partial charge in [-0.15, -0.1) is 0 Å². The Labute approximate surface area is 179 Å². The van der Waals surface area contributed by atoms with Crippen LogP contribution < -0.4 is 10.2 Å². The number of nitrogens with zero attached hydrogens (tertiary/aromatic N) is 5. The number of halogens is 1. The van der Waals surface area contributed by atoms with Crippen LogP contribution in [0.2, 0.25) is 5.02 Å². The average Bonchev–Trinajstić information content (AvgIpc) is 3.32. The van der Waals surface area contributed by atoms with Crippen molar-refractivity contribution in [3.63, 3.8) is 0 Å². The molecule has 0 aliphatic carbocycles. The molecule has 1 saturated heterocycles. The Morgan fingerprint density at radius 1 is 1.00 bits per heavy atom. The van der Waals surface area contributed by atoms with Crippen LogP contribution in [0.25, 0.3) is 5.69 Å². The van der Waals surface area contributed by atoms with Crippen LogP contribution in [0.5, 0.6) is 0 Å². The molecule has 1 N–H and O–H groups in total. The Hall–Kier alpha value is -3.39. The smallest absolute Gasteiger partial charge is 0.251 e. The Balaban J connectivity index is 1.26. The van der Waals surface area contributed by atoms with E-state index in [1.807, 2.05) is 24.3 Å². The number of carbonyl (C=O) groups is 2. The van der Waals surface area contributed by atoms with Crippen LogP contribution in [0.4, 0.5) is 5.69 Å². The minimum absolute atomic E-state index is 0.0270. The van der Waals surface area contributed by atoms with Crippen molar-refractivity contribution >= 4 is 29.1 Å². The summed E-state index contributed by atoms with van der Waals surface area (Å²) in [5.41, 5.74) is 2.34. The van der Waals surface area contributed by atoms with Gasteiger partial charge in [-0.05, 0) is 42.5 Å². The molecular weight excluding hydrogens is 404 g/mol. The maximum atomic E-state index is 12.5. The molecule has 1 aliphatic rings. The molecule has 0 atom stereocenters. The zero-order valence-corrected chi connectivity index (χ0v) is 17.0. The maximum Gasteiger partial charge on any atom is 0.251 e. The third kappa shape index (κ3) is 4.60. The highest BCUT2D eigenvalue weighted by atomic mass is 35.5. The predicted molar refractivity (Wildman–Crippen MR) is 114 cm³/mol. The molecule has 0 spiro atoms. The molecule has 1 fully saturated rings. The number of amides is 2. The summed E-state index contributed by atoms with van der Waals surface area (Å²) in [5.74, 6) is -0.376. The molecule has 2 heterocycles. The van der Waals surface area contributed by atoms with Crippen molar-refractivity contribution in [3.8, 4) is 5.69 Å². The van der Waals surface area contributed by atoms with Gasteiger partial charge in [-0.1, -0.05) is 17.7 Å². The summed E-state index contributed by atoms with van der Waals surface area (Å²) >= 11 is 6.06. The topological polar surface area (TPSA) is 83.4 Å². The van der Waals surface area contributed by atoms with Crippen LogP contribution in [-0.2, 0) is 4.79 Å². The van der Waals surface area contributed by atoms with Gasteiger partial charge in [0.2, 0.25) is 5.91 Å². The van der Waals surface area contributed by atoms with Crippen molar-refractivity contribution in [1.29, 1.82) is 0 Å². The van der Waals surface area contributed by atoms with Gasteiger partial charge in [0.25, 0.3) is 5.91 Å². The molecule has 0 unspecified atom stereocenters. The molecule has 30 heavy (non-hydrogen) atoms. The zero-order valence-electron chi connectivity index (χ0n) is 16.2. The van der Waals surface area contributed by atoms with E-state index in [0.29, 0.717) is 23.7 Å². The number of hydrogen-bond acceptors (Lipinski definition) is 5. The number of piperazine rings is 1. The van der Waals surface area contributed by atoms with Crippen LogP contribution in [-0.4, -0.2) is 64.2 Å². The van der Waals surface area contributed by atoms with Gasteiger partial charge in [0.05, 0.1) is 12.2 Å². The van der Waals surface area contributed by atoms with Gasteiger partial charge < -0.3 is 15.1 Å². The average molecular weight is 425 g/mol. The summed E-state index contributed by atoms with van der Waals surface area (Å²) in [6.45, 7) is 2.63. The van der Waals surface area contributed by atoms with E-state index in [0.717, 1.165) is 24.5 Å². The fourth-order valence-electron chi connectivity index (χ4n) is 3.36. The predicted octanol–water partition coefficient (Wildman–Crippen LogP) is 2.00. The molecule has 4 rings (SSSR count). The Morgan fingerprint density at radius 3 is 2.43 bits per heavy atom. The quantitative estimate of drug-likeness (QED) is 0.677. The molecule has 1 aliphatic heterocycles. The normalized spacial score (nSPS) is 13.9. The first-order valence-corrected chi connectivity index (χ1v) is 9.99. The van der Waals surface area contributed by atoms with E-state index in [9.17, 15) is 9.59 Å². The Kier molecular flexibility index (Phi) is 5.94. The number of aromatic nitrogens is 3. The van der Waals surface area contributed by atoms with Gasteiger partial charge in [-0.3, -0.25) is 9.59 Å². The molecule has 154 valence electrons. The lowest BCUT2D eigenvalue weighted by atomic mass is 10.2. The number of rotatable bonds is 5. The molecule has 2 amide bonds. The van der Waals surface area contributed by atoms with Crippen molar-refractivity contribution in [1.82, 2.24) is 25.0 Å². The second-order valence-electron chi connectivity index (χ2n) is 6.92. The largest absolute Gasteiger partial charge is 0.368 e. The second kappa shape index (κ2) is 8.96. The molecular formula is C21H21ClN6O2. The lowest BCUT2D eigenvalue weighted by Crippen LogP contribution is -2.51. The van der Waals surface area contributed by atoms with Crippen LogP contribution in [0.15, 0.2) is 61.2 Å². The highest BCUT2D eigenvalue weighted by Gasteiger charge is 2.21. The van der Waals surface area contributed by atoms with Crippen molar-refractivity contribution < 1.29 is 9.59 Å². The van der Waals surface area contributed by atoms with Gasteiger partial charge in [-0.2, -0.15) is 5.10 Å². The van der Waals surface area contributed by atoms with Crippen LogP contribution >= 0.6 is 11.6 Å². The van der Waals surface area contributed by atoms with Gasteiger partial charge in [0.15, 0.2) is 0 Å². The van der Waals surface area contributed by atoms with Crippen molar-refractivity contribution in [2.24, 2.45) is 0 Å². The molecule has 3 aromatic rings. The highest BCUT2D eigenvalue weighted by molar-refractivity contribution is 6.30. The van der Waals surface area contributed by atoms with Crippen LogP contribution in [0, 0.1) is 0 Å². The number of anilines is 1. The standard InChI is InChI=1S/C21H21ClN6O2/c22-17-2-1-3-19(12-17)26-8-10-27(11-9-26)20(29)13-24-21(30)16-4-6-18(7-5-16)28-15-23-14-25-28/h1-7,12,14-15H,8-11,13H2,(H,24,30). The van der Waals surface area contributed by atoms with Crippen molar-refractivity contribution in [2.75, 3.05) is 37.6 Å². The summed E-state index contributed by atoms with van der Waals surface area (Å²) in [7, 11) is 0. The molecule has 0 bridgehead atoms. The maximum absolute atomic E-state index is 12.5. The van der Waals surface area contributed by atoms with Gasteiger partial charge in [0, 0.05) is 42.5 Å². The lowest BCUT2D eigenvalue weighted by Gasteiger charge is -2.36. The van der Waals surface area contributed by atoms with Gasteiger partial charge >= 0.3 is 0 Å². The molecule has 0 saturated carbocycles. The first-order chi connectivity index (χ1) is 14.6. The fraction of sp³-hybridized carbons (Fsp3) is 0.238. The number of carbonyl (C=O) groups excluding carboxylic acids is 2. The molecule has 2 aromatic carbocycles. The Morgan fingerprint density at radius 2 is 1.77 bits per heavy atom. The van der Waals surface area contributed by atoms with E-state index in [2.05, 4.69) is 20.3 Å². The van der Waals surface area contributed by atoms with Gasteiger partial charge in [-0.25, -0.2) is 9.67 Å². The van der Waals surface area contributed by atoms with Crippen LogP contribution in [0.1, 0.15) is 10.4 Å². The van der Waals surface area contributed by atoms with E-state index in [4.69, 9.17) is 11.6 Å². The summed E-state index contributed by atoms with van der Waals surface area (Å²) in [5, 5.41) is 7.45. The number of hydrogen-bond donors (Lipinski definition) is 1.